The molecule has 1 fully saturated rings. The number of nitrogens with one attached hydrogen (secondary N) is 1. The highest BCUT2D eigenvalue weighted by atomic mass is 16.1. The third-order valence-corrected chi connectivity index (χ3v) is 4.53. The summed E-state index contributed by atoms with van der Waals surface area (Å²) in [5.41, 5.74) is 2.95. The number of likely N-dealkylation sites (tertiary alicyclic amines) is 1. The molecule has 0 spiro atoms. The van der Waals surface area contributed by atoms with Crippen LogP contribution in [-0.4, -0.2) is 37.0 Å². The Morgan fingerprint density at radius 1 is 1.18 bits per heavy atom. The number of rotatable bonds is 3. The highest BCUT2D eigenvalue weighted by molar-refractivity contribution is 5.97. The molecule has 0 atom stereocenters. The number of unbranched alkanes of at least 4 members (excludes halogenated alkanes) is 1. The van der Waals surface area contributed by atoms with E-state index in [1.807, 2.05) is 18.2 Å². The maximum absolute atomic E-state index is 11.8. The van der Waals surface area contributed by atoms with Crippen molar-refractivity contribution in [3.63, 3.8) is 0 Å². The average Bonchev–Trinajstić information content (AvgIpc) is 2.56. The Balaban J connectivity index is 1.55. The Bertz CT molecular complexity index is 591. The number of carbonyl (C=O) groups is 1. The van der Waals surface area contributed by atoms with Crippen molar-refractivity contribution >= 4 is 5.91 Å². The maximum Gasteiger partial charge on any atom is 0.251 e. The van der Waals surface area contributed by atoms with E-state index in [0.717, 1.165) is 42.5 Å². The van der Waals surface area contributed by atoms with E-state index in [1.54, 1.807) is 0 Å². The number of fused-ring (bicyclic) bond motifs is 1. The lowest BCUT2D eigenvalue weighted by molar-refractivity contribution is 0.0946. The smallest absolute Gasteiger partial charge is 0.251 e. The van der Waals surface area contributed by atoms with Crippen LogP contribution < -0.4 is 5.32 Å². The van der Waals surface area contributed by atoms with Crippen LogP contribution in [0.3, 0.4) is 0 Å². The van der Waals surface area contributed by atoms with Crippen molar-refractivity contribution in [2.45, 2.75) is 38.5 Å². The Kier molecular flexibility index (Phi) is 5.13. The van der Waals surface area contributed by atoms with Gasteiger partial charge in [-0.15, -0.1) is 0 Å². The molecule has 3 heteroatoms. The largest absolute Gasteiger partial charge is 0.352 e. The van der Waals surface area contributed by atoms with Gasteiger partial charge in [0.2, 0.25) is 0 Å². The molecule has 2 aliphatic heterocycles. The molecule has 1 amide bonds. The summed E-state index contributed by atoms with van der Waals surface area (Å²) in [7, 11) is 0. The Morgan fingerprint density at radius 3 is 2.91 bits per heavy atom. The van der Waals surface area contributed by atoms with Gasteiger partial charge in [-0.1, -0.05) is 24.3 Å². The van der Waals surface area contributed by atoms with Gasteiger partial charge < -0.3 is 10.2 Å². The van der Waals surface area contributed by atoms with Crippen molar-refractivity contribution in [2.24, 2.45) is 0 Å². The molecule has 0 radical (unpaired) electrons. The standard InChI is InChI=1S/C19H24N2O/c22-19-18-10-7-9-16(17(18)11-12-20-19)8-3-1-4-13-21-14-5-2-6-15-21/h7,9-10H,1-2,4-6,11-15H2,(H,20,22). The van der Waals surface area contributed by atoms with E-state index in [0.29, 0.717) is 0 Å². The SMILES string of the molecule is O=C1NCCc2c(C#CCCCN3CCCCC3)cccc21. The first kappa shape index (κ1) is 15.1. The molecule has 0 unspecified atom stereocenters. The van der Waals surface area contributed by atoms with Gasteiger partial charge in [-0.05, 0) is 63.0 Å². The monoisotopic (exact) mass is 296 g/mol. The predicted octanol–water partition coefficient (Wildman–Crippen LogP) is 2.59. The van der Waals surface area contributed by atoms with E-state index < -0.39 is 0 Å². The molecule has 0 bridgehead atoms. The van der Waals surface area contributed by atoms with Crippen LogP contribution in [0.5, 0.6) is 0 Å². The highest BCUT2D eigenvalue weighted by Crippen LogP contribution is 2.18. The summed E-state index contributed by atoms with van der Waals surface area (Å²) in [6.45, 7) is 4.41. The minimum Gasteiger partial charge on any atom is -0.352 e. The van der Waals surface area contributed by atoms with Gasteiger partial charge in [-0.25, -0.2) is 0 Å². The lowest BCUT2D eigenvalue weighted by Gasteiger charge is -2.25. The summed E-state index contributed by atoms with van der Waals surface area (Å²) in [5.74, 6) is 6.62. The van der Waals surface area contributed by atoms with Crippen molar-refractivity contribution in [1.29, 1.82) is 0 Å². The number of nitrogens with zero attached hydrogens (tertiary/aromatic N) is 1. The van der Waals surface area contributed by atoms with Gasteiger partial charge in [0.05, 0.1) is 0 Å². The summed E-state index contributed by atoms with van der Waals surface area (Å²) in [4.78, 5) is 14.4. The normalized spacial score (nSPS) is 18.1. The number of piperidine rings is 1. The molecule has 3 nitrogen and oxygen atoms in total. The van der Waals surface area contributed by atoms with Crippen molar-refractivity contribution in [1.82, 2.24) is 10.2 Å². The van der Waals surface area contributed by atoms with Crippen molar-refractivity contribution in [2.75, 3.05) is 26.2 Å². The second-order valence-corrected chi connectivity index (χ2v) is 6.15. The minimum atomic E-state index is 0.0370. The predicted molar refractivity (Wildman–Crippen MR) is 88.9 cm³/mol. The Hall–Kier alpha value is -1.79. The molecule has 1 N–H and O–H groups in total. The lowest BCUT2D eigenvalue weighted by atomic mass is 9.95. The van der Waals surface area contributed by atoms with Crippen molar-refractivity contribution in [3.05, 3.63) is 34.9 Å². The summed E-state index contributed by atoms with van der Waals surface area (Å²) in [6.07, 6.45) is 7.06. The average molecular weight is 296 g/mol. The zero-order valence-corrected chi connectivity index (χ0v) is 13.2. The van der Waals surface area contributed by atoms with Gasteiger partial charge >= 0.3 is 0 Å². The number of hydrogen-bond acceptors (Lipinski definition) is 2. The number of benzene rings is 1. The molecule has 2 aliphatic rings. The van der Waals surface area contributed by atoms with Crippen LogP contribution in [0.15, 0.2) is 18.2 Å². The van der Waals surface area contributed by atoms with Crippen molar-refractivity contribution in [3.8, 4) is 11.8 Å². The molecule has 1 aromatic carbocycles. The summed E-state index contributed by atoms with van der Waals surface area (Å²) in [5, 5.41) is 2.89. The van der Waals surface area contributed by atoms with Crippen LogP contribution in [-0.2, 0) is 6.42 Å². The second-order valence-electron chi connectivity index (χ2n) is 6.15. The first-order chi connectivity index (χ1) is 10.8. The molecule has 22 heavy (non-hydrogen) atoms. The summed E-state index contributed by atoms with van der Waals surface area (Å²) in [6, 6.07) is 5.86. The van der Waals surface area contributed by atoms with Gasteiger partial charge in [-0.3, -0.25) is 4.79 Å². The maximum atomic E-state index is 11.8. The second kappa shape index (κ2) is 7.47. The molecule has 1 aromatic rings. The van der Waals surface area contributed by atoms with Gasteiger partial charge in [0.25, 0.3) is 5.91 Å². The molecule has 3 rings (SSSR count). The fourth-order valence-electron chi connectivity index (χ4n) is 3.31. The first-order valence-electron chi connectivity index (χ1n) is 8.46. The molecule has 0 aliphatic carbocycles. The topological polar surface area (TPSA) is 32.3 Å². The number of carbonyl (C=O) groups excluding carboxylic acids is 1. The summed E-state index contributed by atoms with van der Waals surface area (Å²) < 4.78 is 0. The molecule has 116 valence electrons. The fraction of sp³-hybridized carbons (Fsp3) is 0.526. The molecule has 0 saturated carbocycles. The minimum absolute atomic E-state index is 0.0370. The van der Waals surface area contributed by atoms with Crippen LogP contribution in [0.1, 0.15) is 53.6 Å². The summed E-state index contributed by atoms with van der Waals surface area (Å²) >= 11 is 0. The zero-order chi connectivity index (χ0) is 15.2. The van der Waals surface area contributed by atoms with E-state index in [2.05, 4.69) is 22.1 Å². The lowest BCUT2D eigenvalue weighted by Crippen LogP contribution is -2.32. The first-order valence-corrected chi connectivity index (χ1v) is 8.46. The van der Waals surface area contributed by atoms with Crippen LogP contribution in [0.25, 0.3) is 0 Å². The quantitative estimate of drug-likeness (QED) is 0.687. The number of amides is 1. The third-order valence-electron chi connectivity index (χ3n) is 4.53. The van der Waals surface area contributed by atoms with Crippen LogP contribution in [0.4, 0.5) is 0 Å². The van der Waals surface area contributed by atoms with E-state index in [9.17, 15) is 4.79 Å². The Labute approximate surface area is 133 Å². The molecule has 1 saturated heterocycles. The van der Waals surface area contributed by atoms with E-state index in [4.69, 9.17) is 0 Å². The van der Waals surface area contributed by atoms with E-state index in [1.165, 1.54) is 38.9 Å². The molecule has 0 aromatic heterocycles. The van der Waals surface area contributed by atoms with E-state index >= 15 is 0 Å². The van der Waals surface area contributed by atoms with Gasteiger partial charge in [-0.2, -0.15) is 0 Å². The molecule has 2 heterocycles. The zero-order valence-electron chi connectivity index (χ0n) is 13.2. The van der Waals surface area contributed by atoms with E-state index in [-0.39, 0.29) is 5.91 Å². The van der Waals surface area contributed by atoms with Gasteiger partial charge in [0, 0.05) is 24.1 Å². The van der Waals surface area contributed by atoms with Gasteiger partial charge in [0.15, 0.2) is 0 Å². The highest BCUT2D eigenvalue weighted by Gasteiger charge is 2.17. The van der Waals surface area contributed by atoms with Crippen LogP contribution >= 0.6 is 0 Å². The van der Waals surface area contributed by atoms with Crippen LogP contribution in [0, 0.1) is 11.8 Å². The fourth-order valence-corrected chi connectivity index (χ4v) is 3.31. The third kappa shape index (κ3) is 3.69. The molecular formula is C19H24N2O. The van der Waals surface area contributed by atoms with Crippen LogP contribution in [0.2, 0.25) is 0 Å². The number of hydrogen-bond donors (Lipinski definition) is 1. The molecular weight excluding hydrogens is 272 g/mol. The van der Waals surface area contributed by atoms with Crippen molar-refractivity contribution < 1.29 is 4.79 Å². The Morgan fingerprint density at radius 2 is 2.05 bits per heavy atom. The van der Waals surface area contributed by atoms with Gasteiger partial charge in [0.1, 0.15) is 0 Å².